The van der Waals surface area contributed by atoms with E-state index in [1.807, 2.05) is 60.9 Å². The fourth-order valence-electron chi connectivity index (χ4n) is 1.77. The summed E-state index contributed by atoms with van der Waals surface area (Å²) in [7, 11) is 0. The van der Waals surface area contributed by atoms with Crippen LogP contribution in [0.4, 0.5) is 0 Å². The molecule has 0 fully saturated rings. The Morgan fingerprint density at radius 1 is 1.05 bits per heavy atom. The van der Waals surface area contributed by atoms with Crippen LogP contribution in [0.15, 0.2) is 54.6 Å². The molecule has 0 saturated heterocycles. The summed E-state index contributed by atoms with van der Waals surface area (Å²) in [6.07, 6.45) is 2.02. The average Bonchev–Trinajstić information content (AvgIpc) is 2.54. The van der Waals surface area contributed by atoms with Gasteiger partial charge >= 0.3 is 0 Å². The minimum Gasteiger partial charge on any atom is -0.351 e. The summed E-state index contributed by atoms with van der Waals surface area (Å²) in [5.74, 6) is 7.05. The number of hydrogen-bond donors (Lipinski definition) is 1. The summed E-state index contributed by atoms with van der Waals surface area (Å²) in [5, 5.41) is 2.89. The smallest absolute Gasteiger partial charge is 0.251 e. The molecule has 2 aromatic rings. The summed E-state index contributed by atoms with van der Waals surface area (Å²) in [5.41, 5.74) is 2.46. The van der Waals surface area contributed by atoms with Gasteiger partial charge in [0.2, 0.25) is 0 Å². The third kappa shape index (κ3) is 5.02. The van der Waals surface area contributed by atoms with E-state index in [0.717, 1.165) is 16.9 Å². The third-order valence-corrected chi connectivity index (χ3v) is 3.45. The molecule has 0 unspecified atom stereocenters. The van der Waals surface area contributed by atoms with Gasteiger partial charge in [-0.15, -0.1) is 0 Å². The Bertz CT molecular complexity index is 656. The number of nitrogens with one attached hydrogen (secondary N) is 1. The van der Waals surface area contributed by atoms with E-state index in [9.17, 15) is 4.79 Å². The predicted octanol–water partition coefficient (Wildman–Crippen LogP) is 3.18. The van der Waals surface area contributed by atoms with Gasteiger partial charge in [-0.1, -0.05) is 36.1 Å². The average molecular weight is 295 g/mol. The first kappa shape index (κ1) is 15.2. The summed E-state index contributed by atoms with van der Waals surface area (Å²) < 4.78 is 0. The van der Waals surface area contributed by atoms with Crippen LogP contribution in [0.3, 0.4) is 0 Å². The third-order valence-electron chi connectivity index (χ3n) is 2.84. The lowest BCUT2D eigenvalue weighted by Crippen LogP contribution is -2.25. The zero-order chi connectivity index (χ0) is 14.9. The van der Waals surface area contributed by atoms with Crippen molar-refractivity contribution in [2.24, 2.45) is 0 Å². The van der Waals surface area contributed by atoms with Crippen molar-refractivity contribution in [3.8, 4) is 11.8 Å². The van der Waals surface area contributed by atoms with Gasteiger partial charge in [-0.05, 0) is 36.6 Å². The second-order valence-corrected chi connectivity index (χ2v) is 5.43. The van der Waals surface area contributed by atoms with Gasteiger partial charge in [-0.3, -0.25) is 4.79 Å². The van der Waals surface area contributed by atoms with E-state index in [2.05, 4.69) is 17.2 Å². The molecular weight excluding hydrogens is 278 g/mol. The molecule has 106 valence electrons. The van der Waals surface area contributed by atoms with Crippen LogP contribution >= 0.6 is 11.8 Å². The highest BCUT2D eigenvalue weighted by Gasteiger charge is 2.04. The highest BCUT2D eigenvalue weighted by Crippen LogP contribution is 2.05. The van der Waals surface area contributed by atoms with Gasteiger partial charge in [0.1, 0.15) is 0 Å². The molecule has 0 saturated carbocycles. The minimum atomic E-state index is -0.0487. The molecule has 3 heteroatoms. The second kappa shape index (κ2) is 8.18. The van der Waals surface area contributed by atoms with E-state index in [-0.39, 0.29) is 5.91 Å². The van der Waals surface area contributed by atoms with Crippen LogP contribution in [0.5, 0.6) is 0 Å². The van der Waals surface area contributed by atoms with Gasteiger partial charge in [0.15, 0.2) is 0 Å². The fourth-order valence-corrected chi connectivity index (χ4v) is 2.08. The van der Waals surface area contributed by atoms with Crippen molar-refractivity contribution in [3.63, 3.8) is 0 Å². The van der Waals surface area contributed by atoms with Crippen LogP contribution < -0.4 is 5.32 Å². The monoisotopic (exact) mass is 295 g/mol. The topological polar surface area (TPSA) is 29.1 Å². The van der Waals surface area contributed by atoms with E-state index in [4.69, 9.17) is 0 Å². The highest BCUT2D eigenvalue weighted by atomic mass is 32.2. The SMILES string of the molecule is CSCCNC(=O)c1cccc(C#Cc2ccccc2)c1. The van der Waals surface area contributed by atoms with Gasteiger partial charge in [0, 0.05) is 29.0 Å². The van der Waals surface area contributed by atoms with Crippen LogP contribution in [0.1, 0.15) is 21.5 Å². The van der Waals surface area contributed by atoms with E-state index in [0.29, 0.717) is 12.1 Å². The van der Waals surface area contributed by atoms with Gasteiger partial charge in [-0.25, -0.2) is 0 Å². The summed E-state index contributed by atoms with van der Waals surface area (Å²) in [6, 6.07) is 17.2. The molecule has 2 nitrogen and oxygen atoms in total. The van der Waals surface area contributed by atoms with E-state index < -0.39 is 0 Å². The molecular formula is C18H17NOS. The number of benzene rings is 2. The van der Waals surface area contributed by atoms with Gasteiger partial charge < -0.3 is 5.32 Å². The molecule has 0 bridgehead atoms. The second-order valence-electron chi connectivity index (χ2n) is 4.45. The molecule has 0 aromatic heterocycles. The number of hydrogen-bond acceptors (Lipinski definition) is 2. The Kier molecular flexibility index (Phi) is 5.93. The largest absolute Gasteiger partial charge is 0.351 e. The van der Waals surface area contributed by atoms with Crippen molar-refractivity contribution < 1.29 is 4.79 Å². The van der Waals surface area contributed by atoms with Gasteiger partial charge in [0.25, 0.3) is 5.91 Å². The zero-order valence-corrected chi connectivity index (χ0v) is 12.7. The molecule has 1 amide bonds. The van der Waals surface area contributed by atoms with Crippen LogP contribution in [-0.2, 0) is 0 Å². The molecule has 0 spiro atoms. The normalized spacial score (nSPS) is 9.57. The molecule has 0 atom stereocenters. The predicted molar refractivity (Wildman–Crippen MR) is 89.6 cm³/mol. The first-order valence-electron chi connectivity index (χ1n) is 6.74. The van der Waals surface area contributed by atoms with Crippen molar-refractivity contribution in [2.75, 3.05) is 18.6 Å². The Morgan fingerprint density at radius 3 is 2.52 bits per heavy atom. The maximum Gasteiger partial charge on any atom is 0.251 e. The zero-order valence-electron chi connectivity index (χ0n) is 11.9. The molecule has 0 heterocycles. The first-order chi connectivity index (χ1) is 10.3. The van der Waals surface area contributed by atoms with Crippen molar-refractivity contribution in [1.29, 1.82) is 0 Å². The number of rotatable bonds is 4. The van der Waals surface area contributed by atoms with Crippen LogP contribution in [0, 0.1) is 11.8 Å². The molecule has 2 rings (SSSR count). The fraction of sp³-hybridized carbons (Fsp3) is 0.167. The van der Waals surface area contributed by atoms with Crippen LogP contribution in [0.2, 0.25) is 0 Å². The Morgan fingerprint density at radius 2 is 1.76 bits per heavy atom. The molecule has 21 heavy (non-hydrogen) atoms. The number of carbonyl (C=O) groups is 1. The maximum atomic E-state index is 12.0. The van der Waals surface area contributed by atoms with Gasteiger partial charge in [0.05, 0.1) is 0 Å². The number of amides is 1. The summed E-state index contributed by atoms with van der Waals surface area (Å²) in [4.78, 5) is 12.0. The van der Waals surface area contributed by atoms with Crippen molar-refractivity contribution in [3.05, 3.63) is 71.3 Å². The Balaban J connectivity index is 2.08. The highest BCUT2D eigenvalue weighted by molar-refractivity contribution is 7.98. The van der Waals surface area contributed by atoms with Crippen LogP contribution in [0.25, 0.3) is 0 Å². The molecule has 0 aliphatic heterocycles. The van der Waals surface area contributed by atoms with Crippen molar-refractivity contribution in [2.45, 2.75) is 0 Å². The van der Waals surface area contributed by atoms with Crippen LogP contribution in [-0.4, -0.2) is 24.5 Å². The van der Waals surface area contributed by atoms with Gasteiger partial charge in [-0.2, -0.15) is 11.8 Å². The standard InChI is InChI=1S/C18H17NOS/c1-21-13-12-19-18(20)17-9-5-8-16(14-17)11-10-15-6-3-2-4-7-15/h2-9,14H,12-13H2,1H3,(H,19,20). The number of thioether (sulfide) groups is 1. The Labute approximate surface area is 130 Å². The quantitative estimate of drug-likeness (QED) is 0.693. The lowest BCUT2D eigenvalue weighted by molar-refractivity contribution is 0.0956. The van der Waals surface area contributed by atoms with Crippen molar-refractivity contribution in [1.82, 2.24) is 5.32 Å². The maximum absolute atomic E-state index is 12.0. The van der Waals surface area contributed by atoms with E-state index in [1.54, 1.807) is 11.8 Å². The molecule has 0 radical (unpaired) electrons. The molecule has 0 aliphatic carbocycles. The van der Waals surface area contributed by atoms with E-state index >= 15 is 0 Å². The first-order valence-corrected chi connectivity index (χ1v) is 8.13. The molecule has 0 aliphatic rings. The lowest BCUT2D eigenvalue weighted by Gasteiger charge is -2.04. The molecule has 2 aromatic carbocycles. The van der Waals surface area contributed by atoms with Crippen molar-refractivity contribution >= 4 is 17.7 Å². The number of carbonyl (C=O) groups excluding carboxylic acids is 1. The minimum absolute atomic E-state index is 0.0487. The summed E-state index contributed by atoms with van der Waals surface area (Å²) >= 11 is 1.71. The summed E-state index contributed by atoms with van der Waals surface area (Å²) in [6.45, 7) is 0.680. The Hall–Kier alpha value is -2.18. The lowest BCUT2D eigenvalue weighted by atomic mass is 10.1. The van der Waals surface area contributed by atoms with E-state index in [1.165, 1.54) is 0 Å². The molecule has 1 N–H and O–H groups in total.